The summed E-state index contributed by atoms with van der Waals surface area (Å²) in [5.74, 6) is 0.558. The van der Waals surface area contributed by atoms with Gasteiger partial charge in [-0.2, -0.15) is 15.5 Å². The van der Waals surface area contributed by atoms with Crippen LogP contribution in [0, 0.1) is 11.3 Å². The van der Waals surface area contributed by atoms with E-state index in [1.54, 1.807) is 24.3 Å². The van der Waals surface area contributed by atoms with Crippen molar-refractivity contribution in [3.05, 3.63) is 54.1 Å². The van der Waals surface area contributed by atoms with Crippen LogP contribution < -0.4 is 5.73 Å². The highest BCUT2D eigenvalue weighted by molar-refractivity contribution is 7.78. The SMILES string of the molecule is N#Cc1cccc(N)c1.S=C=Nc1ccc(-c2nn[nH]n2)cc1. The van der Waals surface area contributed by atoms with Crippen molar-refractivity contribution >= 4 is 28.8 Å². The third-order valence-corrected chi connectivity index (χ3v) is 2.75. The summed E-state index contributed by atoms with van der Waals surface area (Å²) in [6.45, 7) is 0. The average molecular weight is 321 g/mol. The Balaban J connectivity index is 0.000000185. The first kappa shape index (κ1) is 16.0. The lowest BCUT2D eigenvalue weighted by atomic mass is 10.2. The maximum absolute atomic E-state index is 8.36. The van der Waals surface area contributed by atoms with Crippen molar-refractivity contribution in [2.24, 2.45) is 4.99 Å². The fourth-order valence-corrected chi connectivity index (χ4v) is 1.74. The van der Waals surface area contributed by atoms with Gasteiger partial charge in [-0.05, 0) is 59.9 Å². The van der Waals surface area contributed by atoms with Gasteiger partial charge in [0, 0.05) is 11.3 Å². The van der Waals surface area contributed by atoms with Crippen LogP contribution in [0.2, 0.25) is 0 Å². The second-order valence-corrected chi connectivity index (χ2v) is 4.41. The third-order valence-electron chi connectivity index (χ3n) is 2.66. The van der Waals surface area contributed by atoms with Gasteiger partial charge in [0.2, 0.25) is 5.82 Å². The number of hydrogen-bond acceptors (Lipinski definition) is 7. The Labute approximate surface area is 137 Å². The lowest BCUT2D eigenvalue weighted by Crippen LogP contribution is -1.83. The van der Waals surface area contributed by atoms with Gasteiger partial charge in [-0.1, -0.05) is 6.07 Å². The van der Waals surface area contributed by atoms with Crippen molar-refractivity contribution in [2.45, 2.75) is 0 Å². The Morgan fingerprint density at radius 3 is 2.48 bits per heavy atom. The van der Waals surface area contributed by atoms with E-state index in [2.05, 4.69) is 43.0 Å². The standard InChI is InChI=1S/C8H5N5S.C7H6N2/c14-5-9-7-3-1-6(2-4-7)8-10-12-13-11-8;8-5-6-2-1-3-7(9)4-6/h1-4H,(H,10,11,12,13);1-4H,9H2. The van der Waals surface area contributed by atoms with Crippen LogP contribution >= 0.6 is 12.2 Å². The molecule has 3 N–H and O–H groups in total. The first-order valence-electron chi connectivity index (χ1n) is 6.40. The van der Waals surface area contributed by atoms with E-state index in [0.717, 1.165) is 11.3 Å². The minimum absolute atomic E-state index is 0.558. The second-order valence-electron chi connectivity index (χ2n) is 4.22. The van der Waals surface area contributed by atoms with Crippen LogP contribution in [0.1, 0.15) is 5.56 Å². The van der Waals surface area contributed by atoms with Crippen LogP contribution in [0.25, 0.3) is 11.4 Å². The van der Waals surface area contributed by atoms with E-state index in [0.29, 0.717) is 17.1 Å². The van der Waals surface area contributed by atoms with Gasteiger partial charge in [0.05, 0.1) is 22.5 Å². The topological polar surface area (TPSA) is 117 Å². The molecule has 0 bridgehead atoms. The van der Waals surface area contributed by atoms with Gasteiger partial charge in [-0.3, -0.25) is 0 Å². The molecule has 3 rings (SSSR count). The number of isothiocyanates is 1. The van der Waals surface area contributed by atoms with Gasteiger partial charge < -0.3 is 5.73 Å². The molecule has 0 aliphatic rings. The maximum atomic E-state index is 8.36. The van der Waals surface area contributed by atoms with Gasteiger partial charge in [0.1, 0.15) is 0 Å². The summed E-state index contributed by atoms with van der Waals surface area (Å²) in [6, 6.07) is 16.2. The number of nitrogens with zero attached hydrogens (tertiary/aromatic N) is 5. The largest absolute Gasteiger partial charge is 0.399 e. The van der Waals surface area contributed by atoms with Crippen LogP contribution in [0.15, 0.2) is 53.5 Å². The van der Waals surface area contributed by atoms with Gasteiger partial charge >= 0.3 is 0 Å². The molecule has 1 aromatic heterocycles. The number of thiocarbonyl (C=S) groups is 1. The summed E-state index contributed by atoms with van der Waals surface area (Å²) in [5.41, 5.74) is 8.26. The highest BCUT2D eigenvalue weighted by Gasteiger charge is 2.01. The molecule has 0 saturated heterocycles. The normalized spacial score (nSPS) is 9.00. The van der Waals surface area contributed by atoms with Crippen LogP contribution in [-0.4, -0.2) is 25.8 Å². The number of nitrogen functional groups attached to an aromatic ring is 1. The number of anilines is 1. The summed E-state index contributed by atoms with van der Waals surface area (Å²) in [5, 5.41) is 24.2. The smallest absolute Gasteiger partial charge is 0.204 e. The Hall–Kier alpha value is -3.40. The van der Waals surface area contributed by atoms with Crippen molar-refractivity contribution in [1.29, 1.82) is 5.26 Å². The maximum Gasteiger partial charge on any atom is 0.204 e. The van der Waals surface area contributed by atoms with E-state index in [9.17, 15) is 0 Å². The molecule has 0 fully saturated rings. The highest BCUT2D eigenvalue weighted by atomic mass is 32.1. The molecule has 0 atom stereocenters. The zero-order valence-electron chi connectivity index (χ0n) is 11.8. The highest BCUT2D eigenvalue weighted by Crippen LogP contribution is 2.18. The number of hydrogen-bond donors (Lipinski definition) is 2. The summed E-state index contributed by atoms with van der Waals surface area (Å²) < 4.78 is 0. The quantitative estimate of drug-likeness (QED) is 0.426. The zero-order valence-corrected chi connectivity index (χ0v) is 12.7. The number of benzene rings is 2. The van der Waals surface area contributed by atoms with Crippen molar-refractivity contribution in [3.63, 3.8) is 0 Å². The summed E-state index contributed by atoms with van der Waals surface area (Å²) >= 11 is 4.49. The number of tetrazole rings is 1. The van der Waals surface area contributed by atoms with Crippen LogP contribution in [0.4, 0.5) is 11.4 Å². The van der Waals surface area contributed by atoms with Crippen molar-refractivity contribution < 1.29 is 0 Å². The molecule has 0 unspecified atom stereocenters. The van der Waals surface area contributed by atoms with Gasteiger partial charge in [0.15, 0.2) is 0 Å². The Morgan fingerprint density at radius 2 is 1.96 bits per heavy atom. The van der Waals surface area contributed by atoms with E-state index in [4.69, 9.17) is 11.0 Å². The molecule has 7 nitrogen and oxygen atoms in total. The van der Waals surface area contributed by atoms with E-state index >= 15 is 0 Å². The van der Waals surface area contributed by atoms with Gasteiger partial charge in [0.25, 0.3) is 0 Å². The number of aliphatic imine (C=N–C) groups is 1. The number of nitrogens with one attached hydrogen (secondary N) is 1. The lowest BCUT2D eigenvalue weighted by Gasteiger charge is -1.93. The summed E-state index contributed by atoms with van der Waals surface area (Å²) in [6.07, 6.45) is 0. The number of nitriles is 1. The number of H-pyrrole nitrogens is 1. The van der Waals surface area contributed by atoms with Crippen molar-refractivity contribution in [3.8, 4) is 17.5 Å². The monoisotopic (exact) mass is 321 g/mol. The number of rotatable bonds is 2. The van der Waals surface area contributed by atoms with E-state index < -0.39 is 0 Å². The minimum Gasteiger partial charge on any atom is -0.399 e. The molecule has 0 radical (unpaired) electrons. The second kappa shape index (κ2) is 8.14. The summed E-state index contributed by atoms with van der Waals surface area (Å²) in [7, 11) is 0. The Kier molecular flexibility index (Phi) is 5.66. The predicted molar refractivity (Wildman–Crippen MR) is 89.9 cm³/mol. The third kappa shape index (κ3) is 4.82. The van der Waals surface area contributed by atoms with Crippen LogP contribution in [0.5, 0.6) is 0 Å². The fourth-order valence-electron chi connectivity index (χ4n) is 1.63. The average Bonchev–Trinajstić information content (AvgIpc) is 3.11. The molecule has 0 amide bonds. The van der Waals surface area contributed by atoms with E-state index in [-0.39, 0.29) is 0 Å². The molecule has 2 aromatic carbocycles. The molecule has 1 heterocycles. The first-order valence-corrected chi connectivity index (χ1v) is 6.81. The molecular formula is C15H11N7S. The molecule has 3 aromatic rings. The Morgan fingerprint density at radius 1 is 1.17 bits per heavy atom. The Bertz CT molecular complexity index is 844. The molecule has 0 aliphatic carbocycles. The predicted octanol–water partition coefficient (Wildman–Crippen LogP) is 2.74. The van der Waals surface area contributed by atoms with Crippen molar-refractivity contribution in [1.82, 2.24) is 20.6 Å². The van der Waals surface area contributed by atoms with E-state index in [1.165, 1.54) is 0 Å². The lowest BCUT2D eigenvalue weighted by molar-refractivity contribution is 0.881. The van der Waals surface area contributed by atoms with E-state index in [1.807, 2.05) is 30.3 Å². The molecule has 0 aliphatic heterocycles. The van der Waals surface area contributed by atoms with Gasteiger partial charge in [-0.15, -0.1) is 10.2 Å². The molecule has 8 heteroatoms. The van der Waals surface area contributed by atoms with Crippen LogP contribution in [-0.2, 0) is 0 Å². The zero-order chi connectivity index (χ0) is 16.5. The fraction of sp³-hybridized carbons (Fsp3) is 0. The van der Waals surface area contributed by atoms with Crippen molar-refractivity contribution in [2.75, 3.05) is 5.73 Å². The number of aromatic nitrogens is 4. The molecule has 112 valence electrons. The number of nitrogens with two attached hydrogens (primary N) is 1. The molecule has 0 saturated carbocycles. The molecular weight excluding hydrogens is 310 g/mol. The number of aromatic amines is 1. The minimum atomic E-state index is 0.558. The first-order chi connectivity index (χ1) is 11.2. The molecule has 0 spiro atoms. The van der Waals surface area contributed by atoms with Gasteiger partial charge in [-0.25, -0.2) is 0 Å². The molecule has 23 heavy (non-hydrogen) atoms. The summed E-state index contributed by atoms with van der Waals surface area (Å²) in [4.78, 5) is 3.83. The van der Waals surface area contributed by atoms with Crippen LogP contribution in [0.3, 0.4) is 0 Å².